The van der Waals surface area contributed by atoms with Gasteiger partial charge in [-0.1, -0.05) is 12.1 Å². The van der Waals surface area contributed by atoms with Crippen molar-refractivity contribution >= 4 is 5.65 Å². The molecule has 1 aliphatic rings. The topological polar surface area (TPSA) is 52.6 Å². The summed E-state index contributed by atoms with van der Waals surface area (Å²) in [6.07, 6.45) is 8.19. The summed E-state index contributed by atoms with van der Waals surface area (Å²) in [5, 5.41) is 4.43. The van der Waals surface area contributed by atoms with E-state index in [4.69, 9.17) is 9.15 Å². The van der Waals surface area contributed by atoms with E-state index in [2.05, 4.69) is 22.2 Å². The van der Waals surface area contributed by atoms with Crippen molar-refractivity contribution in [3.63, 3.8) is 0 Å². The zero-order valence-corrected chi connectivity index (χ0v) is 13.7. The van der Waals surface area contributed by atoms with Crippen LogP contribution in [0.4, 0.5) is 0 Å². The summed E-state index contributed by atoms with van der Waals surface area (Å²) in [4.78, 5) is 4.52. The Bertz CT molecular complexity index is 1030. The van der Waals surface area contributed by atoms with Crippen molar-refractivity contribution in [1.82, 2.24) is 14.6 Å². The first-order valence-corrected chi connectivity index (χ1v) is 8.56. The van der Waals surface area contributed by atoms with Crippen LogP contribution in [0.3, 0.4) is 0 Å². The van der Waals surface area contributed by atoms with Gasteiger partial charge in [0.2, 0.25) is 5.82 Å². The summed E-state index contributed by atoms with van der Waals surface area (Å²) in [7, 11) is 0. The SMILES string of the molecule is c1coc(-c2nc3cc(Oc4cccc5c4CCCC5)ccn3n2)c1. The second-order valence-electron chi connectivity index (χ2n) is 6.28. The summed E-state index contributed by atoms with van der Waals surface area (Å²) in [5.41, 5.74) is 3.48. The number of hydrogen-bond donors (Lipinski definition) is 0. The zero-order valence-electron chi connectivity index (χ0n) is 13.7. The maximum atomic E-state index is 6.18. The van der Waals surface area contributed by atoms with Crippen LogP contribution in [0.5, 0.6) is 11.5 Å². The summed E-state index contributed by atoms with van der Waals surface area (Å²) in [6, 6.07) is 13.8. The molecule has 0 fully saturated rings. The minimum absolute atomic E-state index is 0.569. The molecular weight excluding hydrogens is 314 g/mol. The van der Waals surface area contributed by atoms with Crippen molar-refractivity contribution in [2.75, 3.05) is 0 Å². The highest BCUT2D eigenvalue weighted by molar-refractivity contribution is 5.54. The van der Waals surface area contributed by atoms with Gasteiger partial charge in [0.25, 0.3) is 0 Å². The van der Waals surface area contributed by atoms with Crippen LogP contribution in [0.15, 0.2) is 59.3 Å². The van der Waals surface area contributed by atoms with Gasteiger partial charge in [0.05, 0.1) is 6.26 Å². The molecule has 0 amide bonds. The third-order valence-electron chi connectivity index (χ3n) is 4.63. The van der Waals surface area contributed by atoms with Crippen molar-refractivity contribution in [3.05, 3.63) is 66.1 Å². The molecule has 3 heterocycles. The Morgan fingerprint density at radius 3 is 2.92 bits per heavy atom. The molecule has 1 aromatic carbocycles. The Morgan fingerprint density at radius 2 is 2.00 bits per heavy atom. The molecule has 5 heteroatoms. The molecule has 124 valence electrons. The molecule has 0 N–H and O–H groups in total. The van der Waals surface area contributed by atoms with Gasteiger partial charge < -0.3 is 9.15 Å². The fourth-order valence-electron chi connectivity index (χ4n) is 3.41. The van der Waals surface area contributed by atoms with Crippen molar-refractivity contribution in [2.45, 2.75) is 25.7 Å². The first-order valence-electron chi connectivity index (χ1n) is 8.56. The number of aryl methyl sites for hydroxylation is 1. The third kappa shape index (κ3) is 2.58. The van der Waals surface area contributed by atoms with E-state index in [1.54, 1.807) is 10.8 Å². The lowest BCUT2D eigenvalue weighted by Crippen LogP contribution is -2.04. The highest BCUT2D eigenvalue weighted by Gasteiger charge is 2.15. The Labute approximate surface area is 144 Å². The second-order valence-corrected chi connectivity index (χ2v) is 6.28. The molecule has 0 unspecified atom stereocenters. The van der Waals surface area contributed by atoms with E-state index in [0.29, 0.717) is 11.6 Å². The van der Waals surface area contributed by atoms with Crippen molar-refractivity contribution in [2.24, 2.45) is 0 Å². The van der Waals surface area contributed by atoms with Crippen LogP contribution in [0, 0.1) is 0 Å². The van der Waals surface area contributed by atoms with E-state index in [-0.39, 0.29) is 0 Å². The standard InChI is InChI=1S/C20H17N3O2/c1-2-7-16-14(5-1)6-3-8-17(16)25-15-10-11-23-19(13-15)21-20(22-23)18-9-4-12-24-18/h3-4,6,8-13H,1-2,5,7H2. The fourth-order valence-corrected chi connectivity index (χ4v) is 3.41. The zero-order chi connectivity index (χ0) is 16.6. The first kappa shape index (κ1) is 14.3. The lowest BCUT2D eigenvalue weighted by atomic mass is 9.91. The van der Waals surface area contributed by atoms with Gasteiger partial charge in [-0.25, -0.2) is 9.50 Å². The number of hydrogen-bond acceptors (Lipinski definition) is 4. The molecule has 0 radical (unpaired) electrons. The smallest absolute Gasteiger partial charge is 0.217 e. The molecule has 4 aromatic rings. The van der Waals surface area contributed by atoms with Crippen LogP contribution < -0.4 is 4.74 Å². The maximum absolute atomic E-state index is 6.18. The molecule has 0 saturated heterocycles. The largest absolute Gasteiger partial charge is 0.461 e. The Morgan fingerprint density at radius 1 is 1.04 bits per heavy atom. The molecule has 0 atom stereocenters. The van der Waals surface area contributed by atoms with Gasteiger partial charge in [0.1, 0.15) is 11.5 Å². The van der Waals surface area contributed by atoms with Crippen molar-refractivity contribution < 1.29 is 9.15 Å². The average molecular weight is 331 g/mol. The number of furan rings is 1. The molecule has 0 spiro atoms. The summed E-state index contributed by atoms with van der Waals surface area (Å²) < 4.78 is 13.3. The molecule has 5 rings (SSSR count). The summed E-state index contributed by atoms with van der Waals surface area (Å²) >= 11 is 0. The van der Waals surface area contributed by atoms with E-state index < -0.39 is 0 Å². The molecule has 5 nitrogen and oxygen atoms in total. The van der Waals surface area contributed by atoms with Crippen molar-refractivity contribution in [1.29, 1.82) is 0 Å². The molecule has 0 saturated carbocycles. The lowest BCUT2D eigenvalue weighted by molar-refractivity contribution is 0.470. The minimum Gasteiger partial charge on any atom is -0.461 e. The highest BCUT2D eigenvalue weighted by atomic mass is 16.5. The van der Waals surface area contributed by atoms with E-state index in [1.807, 2.05) is 36.5 Å². The molecule has 0 bridgehead atoms. The number of rotatable bonds is 3. The van der Waals surface area contributed by atoms with E-state index in [9.17, 15) is 0 Å². The van der Waals surface area contributed by atoms with Crippen LogP contribution in [-0.4, -0.2) is 14.6 Å². The van der Waals surface area contributed by atoms with Crippen LogP contribution >= 0.6 is 0 Å². The van der Waals surface area contributed by atoms with Gasteiger partial charge in [0, 0.05) is 12.3 Å². The minimum atomic E-state index is 0.569. The monoisotopic (exact) mass is 331 g/mol. The number of ether oxygens (including phenoxy) is 1. The fraction of sp³-hybridized carbons (Fsp3) is 0.200. The van der Waals surface area contributed by atoms with Crippen LogP contribution in [-0.2, 0) is 12.8 Å². The van der Waals surface area contributed by atoms with Gasteiger partial charge in [-0.15, -0.1) is 5.10 Å². The maximum Gasteiger partial charge on any atom is 0.217 e. The number of nitrogens with zero attached hydrogens (tertiary/aromatic N) is 3. The Hall–Kier alpha value is -3.08. The third-order valence-corrected chi connectivity index (χ3v) is 4.63. The second kappa shape index (κ2) is 5.77. The van der Waals surface area contributed by atoms with Gasteiger partial charge in [-0.2, -0.15) is 0 Å². The highest BCUT2D eigenvalue weighted by Crippen LogP contribution is 2.33. The predicted molar refractivity (Wildman–Crippen MR) is 93.8 cm³/mol. The molecule has 25 heavy (non-hydrogen) atoms. The molecular formula is C20H17N3O2. The molecule has 1 aliphatic carbocycles. The van der Waals surface area contributed by atoms with Gasteiger partial charge >= 0.3 is 0 Å². The molecule has 0 aliphatic heterocycles. The number of aromatic nitrogens is 3. The number of pyridine rings is 1. The number of benzene rings is 1. The van der Waals surface area contributed by atoms with Crippen LogP contribution in [0.1, 0.15) is 24.0 Å². The van der Waals surface area contributed by atoms with E-state index >= 15 is 0 Å². The summed E-state index contributed by atoms with van der Waals surface area (Å²) in [5.74, 6) is 2.94. The lowest BCUT2D eigenvalue weighted by Gasteiger charge is -2.19. The molecule has 3 aromatic heterocycles. The number of fused-ring (bicyclic) bond motifs is 2. The van der Waals surface area contributed by atoms with Crippen LogP contribution in [0.2, 0.25) is 0 Å². The quantitative estimate of drug-likeness (QED) is 0.548. The first-order chi connectivity index (χ1) is 12.4. The van der Waals surface area contributed by atoms with Gasteiger partial charge in [-0.3, -0.25) is 0 Å². The van der Waals surface area contributed by atoms with E-state index in [0.717, 1.165) is 30.0 Å². The predicted octanol–water partition coefficient (Wildman–Crippen LogP) is 4.66. The van der Waals surface area contributed by atoms with Crippen LogP contribution in [0.25, 0.3) is 17.2 Å². The van der Waals surface area contributed by atoms with Gasteiger partial charge in [-0.05, 0) is 61.1 Å². The van der Waals surface area contributed by atoms with Gasteiger partial charge in [0.15, 0.2) is 11.4 Å². The van der Waals surface area contributed by atoms with Crippen molar-refractivity contribution in [3.8, 4) is 23.1 Å². The summed E-state index contributed by atoms with van der Waals surface area (Å²) in [6.45, 7) is 0. The normalized spacial score (nSPS) is 13.8. The average Bonchev–Trinajstić information content (AvgIpc) is 3.31. The Balaban J connectivity index is 1.49. The Kier molecular flexibility index (Phi) is 3.30. The van der Waals surface area contributed by atoms with E-state index in [1.165, 1.54) is 24.0 Å².